The number of furan rings is 1. The molecule has 0 amide bonds. The van der Waals surface area contributed by atoms with Crippen LogP contribution in [0, 0.1) is 12.7 Å². The van der Waals surface area contributed by atoms with Gasteiger partial charge >= 0.3 is 0 Å². The fourth-order valence-corrected chi connectivity index (χ4v) is 2.29. The first-order chi connectivity index (χ1) is 9.74. The van der Waals surface area contributed by atoms with E-state index >= 15 is 0 Å². The number of aryl methyl sites for hydroxylation is 1. The molecule has 4 aromatic rings. The third kappa shape index (κ3) is 1.45. The Labute approximate surface area is 112 Å². The SMILES string of the molecule is Cc1nn(-c2ccc(F)cc2)c2oc3nccnc3c12. The van der Waals surface area contributed by atoms with Crippen molar-refractivity contribution in [2.24, 2.45) is 0 Å². The molecule has 0 aliphatic carbocycles. The van der Waals surface area contributed by atoms with Crippen LogP contribution < -0.4 is 0 Å². The van der Waals surface area contributed by atoms with Crippen LogP contribution in [0.5, 0.6) is 0 Å². The molecule has 98 valence electrons. The Kier molecular flexibility index (Phi) is 2.14. The van der Waals surface area contributed by atoms with Crippen molar-refractivity contribution in [3.8, 4) is 5.69 Å². The molecule has 6 heteroatoms. The summed E-state index contributed by atoms with van der Waals surface area (Å²) in [5.74, 6) is -0.290. The number of fused-ring (bicyclic) bond motifs is 3. The molecular weight excluding hydrogens is 259 g/mol. The summed E-state index contributed by atoms with van der Waals surface area (Å²) < 4.78 is 20.4. The maximum Gasteiger partial charge on any atom is 0.248 e. The molecular formula is C14H9FN4O. The van der Waals surface area contributed by atoms with Crippen LogP contribution >= 0.6 is 0 Å². The number of rotatable bonds is 1. The van der Waals surface area contributed by atoms with Gasteiger partial charge in [0.1, 0.15) is 11.3 Å². The summed E-state index contributed by atoms with van der Waals surface area (Å²) >= 11 is 0. The van der Waals surface area contributed by atoms with Gasteiger partial charge in [-0.25, -0.2) is 14.4 Å². The highest BCUT2D eigenvalue weighted by atomic mass is 19.1. The predicted molar refractivity (Wildman–Crippen MR) is 71.1 cm³/mol. The zero-order chi connectivity index (χ0) is 13.7. The molecule has 20 heavy (non-hydrogen) atoms. The molecule has 3 heterocycles. The summed E-state index contributed by atoms with van der Waals surface area (Å²) in [6.45, 7) is 1.88. The lowest BCUT2D eigenvalue weighted by atomic mass is 10.3. The molecule has 0 spiro atoms. The van der Waals surface area contributed by atoms with Gasteiger partial charge in [-0.3, -0.25) is 0 Å². The van der Waals surface area contributed by atoms with E-state index in [4.69, 9.17) is 4.42 Å². The minimum absolute atomic E-state index is 0.290. The van der Waals surface area contributed by atoms with Gasteiger partial charge in [-0.1, -0.05) is 0 Å². The maximum absolute atomic E-state index is 13.0. The monoisotopic (exact) mass is 268 g/mol. The standard InChI is InChI=1S/C14H9FN4O/c1-8-11-12-13(17-7-6-16-12)20-14(11)19(18-8)10-4-2-9(15)3-5-10/h2-7H,1H3. The number of nitrogens with zero attached hydrogens (tertiary/aromatic N) is 4. The van der Waals surface area contributed by atoms with E-state index in [0.717, 1.165) is 16.8 Å². The maximum atomic E-state index is 13.0. The van der Waals surface area contributed by atoms with Crippen LogP contribution in [0.2, 0.25) is 0 Å². The zero-order valence-electron chi connectivity index (χ0n) is 10.5. The first kappa shape index (κ1) is 11.1. The van der Waals surface area contributed by atoms with Crippen LogP contribution in [-0.4, -0.2) is 19.7 Å². The molecule has 0 saturated carbocycles. The highest BCUT2D eigenvalue weighted by Crippen LogP contribution is 2.29. The van der Waals surface area contributed by atoms with E-state index in [-0.39, 0.29) is 5.82 Å². The van der Waals surface area contributed by atoms with E-state index < -0.39 is 0 Å². The van der Waals surface area contributed by atoms with E-state index in [1.807, 2.05) is 6.92 Å². The Bertz CT molecular complexity index is 924. The van der Waals surface area contributed by atoms with E-state index in [2.05, 4.69) is 15.1 Å². The zero-order valence-corrected chi connectivity index (χ0v) is 10.5. The molecule has 0 radical (unpaired) electrons. The molecule has 5 nitrogen and oxygen atoms in total. The highest BCUT2D eigenvalue weighted by molar-refractivity contribution is 6.01. The van der Waals surface area contributed by atoms with Crippen molar-refractivity contribution in [1.29, 1.82) is 0 Å². The van der Waals surface area contributed by atoms with Gasteiger partial charge < -0.3 is 4.42 Å². The Hall–Kier alpha value is -2.76. The van der Waals surface area contributed by atoms with Crippen LogP contribution in [0.15, 0.2) is 41.1 Å². The van der Waals surface area contributed by atoms with Crippen LogP contribution in [0.3, 0.4) is 0 Å². The quantitative estimate of drug-likeness (QED) is 0.532. The van der Waals surface area contributed by atoms with Crippen LogP contribution in [-0.2, 0) is 0 Å². The Morgan fingerprint density at radius 1 is 1.10 bits per heavy atom. The first-order valence-electron chi connectivity index (χ1n) is 6.09. The van der Waals surface area contributed by atoms with Crippen molar-refractivity contribution >= 4 is 22.3 Å². The largest absolute Gasteiger partial charge is 0.417 e. The van der Waals surface area contributed by atoms with Gasteiger partial charge in [-0.15, -0.1) is 0 Å². The topological polar surface area (TPSA) is 56.7 Å². The molecule has 4 rings (SSSR count). The van der Waals surface area contributed by atoms with Crippen molar-refractivity contribution in [2.45, 2.75) is 6.92 Å². The van der Waals surface area contributed by atoms with Crippen LogP contribution in [0.1, 0.15) is 5.69 Å². The predicted octanol–water partition coefficient (Wildman–Crippen LogP) is 3.01. The van der Waals surface area contributed by atoms with E-state index in [1.165, 1.54) is 12.1 Å². The van der Waals surface area contributed by atoms with Gasteiger partial charge in [0.2, 0.25) is 11.4 Å². The van der Waals surface area contributed by atoms with Gasteiger partial charge in [-0.05, 0) is 31.2 Å². The molecule has 0 unspecified atom stereocenters. The lowest BCUT2D eigenvalue weighted by molar-refractivity contribution is 0.612. The van der Waals surface area contributed by atoms with Gasteiger partial charge in [0.05, 0.1) is 16.8 Å². The number of halogens is 1. The lowest BCUT2D eigenvalue weighted by Crippen LogP contribution is -1.96. The Balaban J connectivity index is 2.07. The Morgan fingerprint density at radius 3 is 2.65 bits per heavy atom. The molecule has 1 aromatic carbocycles. The molecule has 0 aliphatic heterocycles. The minimum Gasteiger partial charge on any atom is -0.417 e. The average molecular weight is 268 g/mol. The smallest absolute Gasteiger partial charge is 0.248 e. The van der Waals surface area contributed by atoms with E-state index in [1.54, 1.807) is 29.2 Å². The minimum atomic E-state index is -0.290. The number of hydrogen-bond donors (Lipinski definition) is 0. The fraction of sp³-hybridized carbons (Fsp3) is 0.0714. The van der Waals surface area contributed by atoms with Gasteiger partial charge in [-0.2, -0.15) is 9.78 Å². The van der Waals surface area contributed by atoms with Crippen molar-refractivity contribution in [1.82, 2.24) is 19.7 Å². The second-order valence-corrected chi connectivity index (χ2v) is 4.47. The fourth-order valence-electron chi connectivity index (χ4n) is 2.29. The third-order valence-corrected chi connectivity index (χ3v) is 3.18. The van der Waals surface area contributed by atoms with Crippen molar-refractivity contribution in [3.05, 3.63) is 48.2 Å². The second kappa shape index (κ2) is 3.86. The molecule has 0 saturated heterocycles. The van der Waals surface area contributed by atoms with Crippen molar-refractivity contribution in [3.63, 3.8) is 0 Å². The summed E-state index contributed by atoms with van der Waals surface area (Å²) in [6, 6.07) is 6.07. The van der Waals surface area contributed by atoms with Crippen molar-refractivity contribution < 1.29 is 8.81 Å². The van der Waals surface area contributed by atoms with E-state index in [9.17, 15) is 4.39 Å². The molecule has 3 aromatic heterocycles. The normalized spacial score (nSPS) is 11.5. The average Bonchev–Trinajstić information content (AvgIpc) is 2.98. The first-order valence-corrected chi connectivity index (χ1v) is 6.09. The summed E-state index contributed by atoms with van der Waals surface area (Å²) in [6.07, 6.45) is 3.20. The van der Waals surface area contributed by atoms with Gasteiger partial charge in [0.25, 0.3) is 0 Å². The van der Waals surface area contributed by atoms with Crippen LogP contribution in [0.4, 0.5) is 4.39 Å². The number of benzene rings is 1. The molecule has 0 N–H and O–H groups in total. The van der Waals surface area contributed by atoms with Crippen LogP contribution in [0.25, 0.3) is 28.0 Å². The number of aromatic nitrogens is 4. The van der Waals surface area contributed by atoms with Crippen molar-refractivity contribution in [2.75, 3.05) is 0 Å². The highest BCUT2D eigenvalue weighted by Gasteiger charge is 2.18. The lowest BCUT2D eigenvalue weighted by Gasteiger charge is -2.00. The summed E-state index contributed by atoms with van der Waals surface area (Å²) in [5, 5.41) is 5.26. The van der Waals surface area contributed by atoms with Gasteiger partial charge in [0, 0.05) is 12.4 Å². The van der Waals surface area contributed by atoms with Gasteiger partial charge in [0.15, 0.2) is 0 Å². The third-order valence-electron chi connectivity index (χ3n) is 3.18. The summed E-state index contributed by atoms with van der Waals surface area (Å²) in [7, 11) is 0. The molecule has 0 bridgehead atoms. The summed E-state index contributed by atoms with van der Waals surface area (Å²) in [5.41, 5.74) is 3.25. The molecule has 0 atom stereocenters. The summed E-state index contributed by atoms with van der Waals surface area (Å²) in [4.78, 5) is 8.43. The second-order valence-electron chi connectivity index (χ2n) is 4.47. The molecule has 0 aliphatic rings. The number of hydrogen-bond acceptors (Lipinski definition) is 4. The van der Waals surface area contributed by atoms with E-state index in [0.29, 0.717) is 16.9 Å². The molecule has 0 fully saturated rings. The Morgan fingerprint density at radius 2 is 1.85 bits per heavy atom.